The number of nitrogens with zero attached hydrogens (tertiary/aromatic N) is 2. The number of pyridine rings is 1. The van der Waals surface area contributed by atoms with Gasteiger partial charge in [0, 0.05) is 32.0 Å². The van der Waals surface area contributed by atoms with Gasteiger partial charge >= 0.3 is 5.97 Å². The van der Waals surface area contributed by atoms with E-state index in [1.807, 2.05) is 36.4 Å². The van der Waals surface area contributed by atoms with Crippen molar-refractivity contribution >= 4 is 34.3 Å². The van der Waals surface area contributed by atoms with E-state index < -0.39 is 5.97 Å². The topological polar surface area (TPSA) is 94.5 Å². The van der Waals surface area contributed by atoms with Gasteiger partial charge in [-0.2, -0.15) is 0 Å². The second kappa shape index (κ2) is 12.7. The van der Waals surface area contributed by atoms with Gasteiger partial charge in [0.25, 0.3) is 0 Å². The Morgan fingerprint density at radius 2 is 1.94 bits per heavy atom. The molecular formula is C27H34N4O4. The third-order valence-corrected chi connectivity index (χ3v) is 5.49. The molecule has 0 atom stereocenters. The number of carbonyl (C=O) groups is 2. The Bertz CT molecular complexity index is 1170. The lowest BCUT2D eigenvalue weighted by molar-refractivity contribution is -0.116. The van der Waals surface area contributed by atoms with Gasteiger partial charge < -0.3 is 24.7 Å². The van der Waals surface area contributed by atoms with Crippen LogP contribution < -0.4 is 10.6 Å². The molecule has 0 unspecified atom stereocenters. The predicted octanol–water partition coefficient (Wildman–Crippen LogP) is 4.66. The molecule has 1 amide bonds. The lowest BCUT2D eigenvalue weighted by atomic mass is 10.1. The van der Waals surface area contributed by atoms with E-state index in [0.29, 0.717) is 48.8 Å². The van der Waals surface area contributed by atoms with Crippen LogP contribution in [0.25, 0.3) is 11.0 Å². The molecule has 0 radical (unpaired) electrons. The van der Waals surface area contributed by atoms with Crippen molar-refractivity contribution in [2.24, 2.45) is 5.92 Å². The monoisotopic (exact) mass is 478 g/mol. The van der Waals surface area contributed by atoms with Crippen LogP contribution in [-0.2, 0) is 27.2 Å². The largest absolute Gasteiger partial charge is 0.464 e. The smallest absolute Gasteiger partial charge is 0.356 e. The van der Waals surface area contributed by atoms with E-state index in [0.717, 1.165) is 11.3 Å². The van der Waals surface area contributed by atoms with Crippen molar-refractivity contribution in [1.82, 2.24) is 9.55 Å². The van der Waals surface area contributed by atoms with Gasteiger partial charge in [-0.15, -0.1) is 0 Å². The highest BCUT2D eigenvalue weighted by molar-refractivity contribution is 6.11. The summed E-state index contributed by atoms with van der Waals surface area (Å²) in [6, 6.07) is 11.7. The summed E-state index contributed by atoms with van der Waals surface area (Å²) in [5.41, 5.74) is 3.07. The molecule has 2 heterocycles. The number of rotatable bonds is 12. The quantitative estimate of drug-likeness (QED) is 0.290. The average molecular weight is 479 g/mol. The molecular weight excluding hydrogens is 444 g/mol. The number of aryl methyl sites for hydroxylation is 1. The minimum atomic E-state index is -0.549. The summed E-state index contributed by atoms with van der Waals surface area (Å²) in [7, 11) is 2.92. The van der Waals surface area contributed by atoms with Crippen LogP contribution in [0.1, 0.15) is 36.3 Å². The first-order valence-electron chi connectivity index (χ1n) is 11.8. The van der Waals surface area contributed by atoms with Crippen molar-refractivity contribution in [1.29, 1.82) is 0 Å². The van der Waals surface area contributed by atoms with Crippen molar-refractivity contribution in [3.8, 4) is 0 Å². The molecule has 0 fully saturated rings. The highest BCUT2D eigenvalue weighted by Crippen LogP contribution is 2.33. The third-order valence-electron chi connectivity index (χ3n) is 5.49. The maximum Gasteiger partial charge on any atom is 0.356 e. The molecule has 0 aliphatic rings. The lowest BCUT2D eigenvalue weighted by Gasteiger charge is -2.10. The second-order valence-corrected chi connectivity index (χ2v) is 8.54. The molecule has 2 aromatic heterocycles. The Morgan fingerprint density at radius 3 is 2.63 bits per heavy atom. The standard InChI is InChI=1S/C27H34N4O4/c1-19(2)9-8-14-28-21-17-22-24(30-23(32)13-12-20-10-6-5-7-11-20)25(27(33)35-4)31(15-16-34-3)26(22)29-18-21/h5-11,17-19,28H,12-16H2,1-4H3,(H,30,32)/b9-8+. The second-order valence-electron chi connectivity index (χ2n) is 8.54. The van der Waals surface area contributed by atoms with Crippen LogP contribution >= 0.6 is 0 Å². The van der Waals surface area contributed by atoms with Crippen LogP contribution in [0.15, 0.2) is 54.7 Å². The van der Waals surface area contributed by atoms with Crippen LogP contribution in [0.3, 0.4) is 0 Å². The number of nitrogens with one attached hydrogen (secondary N) is 2. The summed E-state index contributed by atoms with van der Waals surface area (Å²) >= 11 is 0. The number of allylic oxidation sites excluding steroid dienone is 1. The number of methoxy groups -OCH3 is 2. The fourth-order valence-corrected chi connectivity index (χ4v) is 3.78. The van der Waals surface area contributed by atoms with E-state index in [-0.39, 0.29) is 18.0 Å². The Labute approximate surface area is 206 Å². The van der Waals surface area contributed by atoms with Gasteiger partial charge in [0.05, 0.1) is 31.3 Å². The molecule has 1 aromatic carbocycles. The van der Waals surface area contributed by atoms with Gasteiger partial charge in [0.1, 0.15) is 5.65 Å². The molecule has 186 valence electrons. The number of anilines is 2. The maximum absolute atomic E-state index is 12.9. The number of carbonyl (C=O) groups excluding carboxylic acids is 2. The fraction of sp³-hybridized carbons (Fsp3) is 0.370. The molecule has 3 aromatic rings. The van der Waals surface area contributed by atoms with E-state index in [1.54, 1.807) is 17.9 Å². The number of hydrogen-bond acceptors (Lipinski definition) is 6. The molecule has 0 saturated carbocycles. The molecule has 8 nitrogen and oxygen atoms in total. The van der Waals surface area contributed by atoms with E-state index in [9.17, 15) is 9.59 Å². The molecule has 2 N–H and O–H groups in total. The predicted molar refractivity (Wildman–Crippen MR) is 139 cm³/mol. The first kappa shape index (κ1) is 26.0. The number of esters is 1. The first-order valence-corrected chi connectivity index (χ1v) is 11.8. The highest BCUT2D eigenvalue weighted by atomic mass is 16.5. The SMILES string of the molecule is COCCn1c(C(=O)OC)c(NC(=O)CCc2ccccc2)c2cc(NC/C=C/C(C)C)cnc21. The zero-order chi connectivity index (χ0) is 25.2. The van der Waals surface area contributed by atoms with Crippen molar-refractivity contribution in [3.05, 3.63) is 66.0 Å². The normalized spacial score (nSPS) is 11.3. The van der Waals surface area contributed by atoms with Gasteiger partial charge in [-0.25, -0.2) is 9.78 Å². The van der Waals surface area contributed by atoms with Crippen molar-refractivity contribution < 1.29 is 19.1 Å². The number of ether oxygens (including phenoxy) is 2. The molecule has 8 heteroatoms. The van der Waals surface area contributed by atoms with Gasteiger partial charge in [-0.05, 0) is 24.0 Å². The summed E-state index contributed by atoms with van der Waals surface area (Å²) < 4.78 is 12.0. The van der Waals surface area contributed by atoms with Gasteiger partial charge in [0.15, 0.2) is 5.69 Å². The summed E-state index contributed by atoms with van der Waals surface area (Å²) in [6.07, 6.45) is 6.77. The number of aromatic nitrogens is 2. The van der Waals surface area contributed by atoms with E-state index in [2.05, 4.69) is 41.6 Å². The van der Waals surface area contributed by atoms with Crippen molar-refractivity contribution in [2.45, 2.75) is 33.2 Å². The summed E-state index contributed by atoms with van der Waals surface area (Å²) in [6.45, 7) is 5.63. The Balaban J connectivity index is 1.96. The highest BCUT2D eigenvalue weighted by Gasteiger charge is 2.26. The van der Waals surface area contributed by atoms with Crippen LogP contribution in [-0.4, -0.2) is 48.8 Å². The Morgan fingerprint density at radius 1 is 1.17 bits per heavy atom. The summed E-state index contributed by atoms with van der Waals surface area (Å²) in [5, 5.41) is 6.94. The van der Waals surface area contributed by atoms with Crippen LogP contribution in [0, 0.1) is 5.92 Å². The number of hydrogen-bond donors (Lipinski definition) is 2. The third kappa shape index (κ3) is 6.93. The molecule has 0 bridgehead atoms. The zero-order valence-corrected chi connectivity index (χ0v) is 20.8. The maximum atomic E-state index is 12.9. The minimum Gasteiger partial charge on any atom is -0.464 e. The molecule has 35 heavy (non-hydrogen) atoms. The molecule has 0 spiro atoms. The van der Waals surface area contributed by atoms with E-state index in [4.69, 9.17) is 9.47 Å². The summed E-state index contributed by atoms with van der Waals surface area (Å²) in [5.74, 6) is -0.276. The van der Waals surface area contributed by atoms with Crippen molar-refractivity contribution in [2.75, 3.05) is 38.0 Å². The van der Waals surface area contributed by atoms with Gasteiger partial charge in [-0.1, -0.05) is 56.3 Å². The number of fused-ring (bicyclic) bond motifs is 1. The van der Waals surface area contributed by atoms with Gasteiger partial charge in [-0.3, -0.25) is 4.79 Å². The van der Waals surface area contributed by atoms with Crippen LogP contribution in [0.5, 0.6) is 0 Å². The number of amides is 1. The zero-order valence-electron chi connectivity index (χ0n) is 20.8. The van der Waals surface area contributed by atoms with Crippen LogP contribution in [0.2, 0.25) is 0 Å². The summed E-state index contributed by atoms with van der Waals surface area (Å²) in [4.78, 5) is 30.4. The molecule has 0 aliphatic carbocycles. The van der Waals surface area contributed by atoms with Crippen LogP contribution in [0.4, 0.5) is 11.4 Å². The van der Waals surface area contributed by atoms with Gasteiger partial charge in [0.2, 0.25) is 5.91 Å². The van der Waals surface area contributed by atoms with E-state index >= 15 is 0 Å². The van der Waals surface area contributed by atoms with Crippen molar-refractivity contribution in [3.63, 3.8) is 0 Å². The molecule has 0 aliphatic heterocycles. The number of benzene rings is 1. The van der Waals surface area contributed by atoms with E-state index in [1.165, 1.54) is 7.11 Å². The minimum absolute atomic E-state index is 0.192. The molecule has 3 rings (SSSR count). The molecule has 0 saturated heterocycles. The average Bonchev–Trinajstić information content (AvgIpc) is 3.16. The Kier molecular flexibility index (Phi) is 9.43. The lowest BCUT2D eigenvalue weighted by Crippen LogP contribution is -2.18. The Hall–Kier alpha value is -3.65. The first-order chi connectivity index (χ1) is 16.9. The fourth-order valence-electron chi connectivity index (χ4n) is 3.78.